The second-order valence-corrected chi connectivity index (χ2v) is 8.98. The van der Waals surface area contributed by atoms with Gasteiger partial charge in [-0.1, -0.05) is 13.8 Å². The number of piperidine rings is 1. The maximum absolute atomic E-state index is 12.2. The van der Waals surface area contributed by atoms with Gasteiger partial charge in [-0.15, -0.1) is 0 Å². The van der Waals surface area contributed by atoms with Gasteiger partial charge in [0, 0.05) is 36.1 Å². The van der Waals surface area contributed by atoms with E-state index in [9.17, 15) is 15.0 Å². The van der Waals surface area contributed by atoms with E-state index in [0.29, 0.717) is 17.0 Å². The zero-order valence-corrected chi connectivity index (χ0v) is 18.3. The number of ether oxygens (including phenoxy) is 1. The van der Waals surface area contributed by atoms with E-state index in [1.165, 1.54) is 6.20 Å². The maximum atomic E-state index is 12.2. The summed E-state index contributed by atoms with van der Waals surface area (Å²) in [5, 5.41) is 19.6. The molecular formula is C23H31N3O4. The topological polar surface area (TPSA) is 95.8 Å². The Bertz CT molecular complexity index is 899. The number of carboxylic acids is 1. The molecule has 0 amide bonds. The van der Waals surface area contributed by atoms with Gasteiger partial charge in [0.1, 0.15) is 5.75 Å². The number of carbonyl (C=O) groups is 1. The number of anilines is 1. The molecule has 0 aromatic carbocycles. The highest BCUT2D eigenvalue weighted by molar-refractivity contribution is 5.85. The first kappa shape index (κ1) is 22.0. The molecule has 1 aliphatic rings. The summed E-state index contributed by atoms with van der Waals surface area (Å²) in [6.07, 6.45) is 3.74. The Morgan fingerprint density at radius 1 is 1.17 bits per heavy atom. The summed E-state index contributed by atoms with van der Waals surface area (Å²) in [6, 6.07) is 3.30. The Kier molecular flexibility index (Phi) is 6.31. The van der Waals surface area contributed by atoms with Gasteiger partial charge in [0.05, 0.1) is 23.7 Å². The fraction of sp³-hybridized carbons (Fsp3) is 0.522. The van der Waals surface area contributed by atoms with Crippen LogP contribution in [0.25, 0.3) is 11.3 Å². The molecule has 1 saturated heterocycles. The molecule has 1 aliphatic heterocycles. The van der Waals surface area contributed by atoms with Crippen LogP contribution in [0.15, 0.2) is 24.5 Å². The number of aromatic nitrogens is 2. The minimum Gasteiger partial charge on any atom is -0.506 e. The van der Waals surface area contributed by atoms with E-state index in [4.69, 9.17) is 4.74 Å². The molecule has 7 nitrogen and oxygen atoms in total. The Labute approximate surface area is 177 Å². The second-order valence-electron chi connectivity index (χ2n) is 8.98. The maximum Gasteiger partial charge on any atom is 0.337 e. The quantitative estimate of drug-likeness (QED) is 0.727. The first-order valence-electron chi connectivity index (χ1n) is 10.4. The molecule has 2 aromatic heterocycles. The Morgan fingerprint density at radius 3 is 2.37 bits per heavy atom. The lowest BCUT2D eigenvalue weighted by atomic mass is 9.82. The predicted octanol–water partition coefficient (Wildman–Crippen LogP) is 4.33. The molecule has 0 saturated carbocycles. The van der Waals surface area contributed by atoms with Crippen LogP contribution in [0.1, 0.15) is 57.9 Å². The average Bonchev–Trinajstić information content (AvgIpc) is 2.67. The van der Waals surface area contributed by atoms with E-state index in [2.05, 4.69) is 28.7 Å². The average molecular weight is 414 g/mol. The van der Waals surface area contributed by atoms with Crippen molar-refractivity contribution in [1.29, 1.82) is 0 Å². The lowest BCUT2D eigenvalue weighted by Crippen LogP contribution is -2.39. The van der Waals surface area contributed by atoms with Crippen molar-refractivity contribution in [1.82, 2.24) is 9.97 Å². The van der Waals surface area contributed by atoms with Gasteiger partial charge < -0.3 is 19.8 Å². The number of aromatic hydroxyl groups is 1. The monoisotopic (exact) mass is 413 g/mol. The zero-order chi connectivity index (χ0) is 22.1. The van der Waals surface area contributed by atoms with Crippen LogP contribution in [0.3, 0.4) is 0 Å². The first-order chi connectivity index (χ1) is 14.1. The van der Waals surface area contributed by atoms with Crippen molar-refractivity contribution in [3.8, 4) is 17.0 Å². The summed E-state index contributed by atoms with van der Waals surface area (Å²) >= 11 is 0. The molecule has 7 heteroatoms. The normalized spacial score (nSPS) is 17.2. The summed E-state index contributed by atoms with van der Waals surface area (Å²) in [6.45, 7) is 11.6. The van der Waals surface area contributed by atoms with E-state index < -0.39 is 12.1 Å². The molecule has 162 valence electrons. The summed E-state index contributed by atoms with van der Waals surface area (Å²) < 4.78 is 5.83. The van der Waals surface area contributed by atoms with Gasteiger partial charge in [-0.25, -0.2) is 4.79 Å². The SMILES string of the molecule is Cc1ncc(-c2ccc(O)cn2)c(N2CCC(C)(C)CC2)c1[C@H](OC(C)C)C(=O)O. The van der Waals surface area contributed by atoms with Crippen LogP contribution >= 0.6 is 0 Å². The molecule has 2 aromatic rings. The van der Waals surface area contributed by atoms with Crippen molar-refractivity contribution < 1.29 is 19.7 Å². The molecule has 3 rings (SSSR count). The van der Waals surface area contributed by atoms with Crippen LogP contribution in [-0.2, 0) is 9.53 Å². The molecular weight excluding hydrogens is 382 g/mol. The Hall–Kier alpha value is -2.67. The second kappa shape index (κ2) is 8.60. The number of nitrogens with zero attached hydrogens (tertiary/aromatic N) is 3. The number of hydrogen-bond acceptors (Lipinski definition) is 6. The van der Waals surface area contributed by atoms with E-state index >= 15 is 0 Å². The van der Waals surface area contributed by atoms with Gasteiger partial charge in [0.25, 0.3) is 0 Å². The molecule has 0 radical (unpaired) electrons. The lowest BCUT2D eigenvalue weighted by molar-refractivity contribution is -0.153. The Morgan fingerprint density at radius 2 is 1.83 bits per heavy atom. The van der Waals surface area contributed by atoms with Crippen molar-refractivity contribution >= 4 is 11.7 Å². The summed E-state index contributed by atoms with van der Waals surface area (Å²) in [5.74, 6) is -0.963. The van der Waals surface area contributed by atoms with Crippen LogP contribution in [0.4, 0.5) is 5.69 Å². The van der Waals surface area contributed by atoms with Crippen LogP contribution < -0.4 is 4.90 Å². The third-order valence-electron chi connectivity index (χ3n) is 5.64. The van der Waals surface area contributed by atoms with Gasteiger partial charge in [-0.2, -0.15) is 0 Å². The lowest BCUT2D eigenvalue weighted by Gasteiger charge is -2.40. The molecule has 0 unspecified atom stereocenters. The fourth-order valence-electron chi connectivity index (χ4n) is 3.85. The van der Waals surface area contributed by atoms with Crippen molar-refractivity contribution in [3.05, 3.63) is 35.8 Å². The van der Waals surface area contributed by atoms with E-state index in [0.717, 1.165) is 37.2 Å². The minimum atomic E-state index is -1.13. The molecule has 2 N–H and O–H groups in total. The van der Waals surface area contributed by atoms with E-state index in [1.807, 2.05) is 20.8 Å². The number of aryl methyl sites for hydroxylation is 1. The summed E-state index contributed by atoms with van der Waals surface area (Å²) in [5.41, 5.74) is 3.64. The highest BCUT2D eigenvalue weighted by atomic mass is 16.5. The number of aliphatic carboxylic acids is 1. The summed E-state index contributed by atoms with van der Waals surface area (Å²) in [7, 11) is 0. The van der Waals surface area contributed by atoms with Gasteiger partial charge >= 0.3 is 5.97 Å². The number of hydrogen-bond donors (Lipinski definition) is 2. The molecule has 30 heavy (non-hydrogen) atoms. The Balaban J connectivity index is 2.20. The zero-order valence-electron chi connectivity index (χ0n) is 18.3. The van der Waals surface area contributed by atoms with Crippen molar-refractivity contribution in [2.45, 2.75) is 59.7 Å². The number of pyridine rings is 2. The standard InChI is InChI=1S/C23H31N3O4/c1-14(2)30-21(22(28)29)19-15(3)24-13-17(18-7-6-16(27)12-25-18)20(19)26-10-8-23(4,5)9-11-26/h6-7,12-14,21,27H,8-11H2,1-5H3,(H,28,29)/t21-/m0/s1. The molecule has 0 bridgehead atoms. The summed E-state index contributed by atoms with van der Waals surface area (Å²) in [4.78, 5) is 23.3. The van der Waals surface area contributed by atoms with Gasteiger partial charge in [-0.3, -0.25) is 9.97 Å². The fourth-order valence-corrected chi connectivity index (χ4v) is 3.85. The highest BCUT2D eigenvalue weighted by Crippen LogP contribution is 2.42. The van der Waals surface area contributed by atoms with Crippen molar-refractivity contribution in [3.63, 3.8) is 0 Å². The van der Waals surface area contributed by atoms with Crippen molar-refractivity contribution in [2.24, 2.45) is 5.41 Å². The van der Waals surface area contributed by atoms with Crippen LogP contribution in [0, 0.1) is 12.3 Å². The van der Waals surface area contributed by atoms with Gasteiger partial charge in [-0.05, 0) is 51.2 Å². The number of carboxylic acid groups (broad SMARTS) is 1. The molecule has 1 fully saturated rings. The number of rotatable bonds is 6. The van der Waals surface area contributed by atoms with Crippen molar-refractivity contribution in [2.75, 3.05) is 18.0 Å². The smallest absolute Gasteiger partial charge is 0.337 e. The molecule has 1 atom stereocenters. The van der Waals surface area contributed by atoms with Gasteiger partial charge in [0.15, 0.2) is 6.10 Å². The third kappa shape index (κ3) is 4.73. The highest BCUT2D eigenvalue weighted by Gasteiger charge is 2.34. The van der Waals surface area contributed by atoms with Gasteiger partial charge in [0.2, 0.25) is 0 Å². The largest absolute Gasteiger partial charge is 0.506 e. The molecule has 0 aliphatic carbocycles. The van der Waals surface area contributed by atoms with Crippen LogP contribution in [-0.4, -0.2) is 45.3 Å². The van der Waals surface area contributed by atoms with Crippen LogP contribution in [0.2, 0.25) is 0 Å². The third-order valence-corrected chi connectivity index (χ3v) is 5.64. The van der Waals surface area contributed by atoms with Crippen LogP contribution in [0.5, 0.6) is 5.75 Å². The van der Waals surface area contributed by atoms with E-state index in [1.54, 1.807) is 18.3 Å². The molecule has 0 spiro atoms. The molecule has 3 heterocycles. The predicted molar refractivity (Wildman–Crippen MR) is 116 cm³/mol. The first-order valence-corrected chi connectivity index (χ1v) is 10.4. The minimum absolute atomic E-state index is 0.0758. The van der Waals surface area contributed by atoms with E-state index in [-0.39, 0.29) is 17.3 Å².